The average molecular weight is 461 g/mol. The van der Waals surface area contributed by atoms with Gasteiger partial charge in [0, 0.05) is 18.5 Å². The third kappa shape index (κ3) is 5.58. The van der Waals surface area contributed by atoms with E-state index in [4.69, 9.17) is 5.73 Å². The maximum absolute atomic E-state index is 13.7. The van der Waals surface area contributed by atoms with Crippen LogP contribution < -0.4 is 10.6 Å². The van der Waals surface area contributed by atoms with E-state index >= 15 is 0 Å². The summed E-state index contributed by atoms with van der Waals surface area (Å²) in [6.07, 6.45) is 1.47. The Morgan fingerprint density at radius 3 is 2.41 bits per heavy atom. The molecule has 0 bridgehead atoms. The summed E-state index contributed by atoms with van der Waals surface area (Å²) < 4.78 is 18.2. The number of phenolic OH excluding ortho intramolecular Hbond substituents is 1. The Labute approximate surface area is 196 Å². The maximum Gasteiger partial charge on any atom is 0.404 e. The molecule has 0 atom stereocenters. The van der Waals surface area contributed by atoms with Gasteiger partial charge in [0.15, 0.2) is 5.82 Å². The van der Waals surface area contributed by atoms with E-state index in [2.05, 4.69) is 19.6 Å². The summed E-state index contributed by atoms with van der Waals surface area (Å²) in [5, 5.41) is 10.8. The number of rotatable bonds is 4. The van der Waals surface area contributed by atoms with Crippen molar-refractivity contribution in [2.75, 3.05) is 18.0 Å². The zero-order chi connectivity index (χ0) is 23.9. The molecule has 2 heterocycles. The summed E-state index contributed by atoms with van der Waals surface area (Å²) in [5.74, 6) is 1.05. The molecule has 174 valence electrons. The van der Waals surface area contributed by atoms with Gasteiger partial charge in [-0.25, -0.2) is 19.2 Å². The van der Waals surface area contributed by atoms with Gasteiger partial charge in [-0.05, 0) is 48.7 Å². The number of primary amides is 1. The van der Waals surface area contributed by atoms with E-state index in [9.17, 15) is 14.3 Å². The third-order valence-corrected chi connectivity index (χ3v) is 5.41. The van der Waals surface area contributed by atoms with Crippen molar-refractivity contribution in [3.8, 4) is 17.1 Å². The lowest BCUT2D eigenvalue weighted by Gasteiger charge is -2.19. The molecule has 1 amide bonds. The first kappa shape index (κ1) is 23.0. The van der Waals surface area contributed by atoms with Crippen molar-refractivity contribution in [3.05, 3.63) is 84.2 Å². The Hall–Kier alpha value is -4.20. The normalized spacial score (nSPS) is 12.8. The number of carbonyl (C=O) groups is 1. The van der Waals surface area contributed by atoms with Crippen LogP contribution in [0.15, 0.2) is 72.8 Å². The number of fused-ring (bicyclic) bond motifs is 1. The molecule has 3 aromatic carbocycles. The highest BCUT2D eigenvalue weighted by atomic mass is 19.1. The molecular weight excluding hydrogens is 435 g/mol. The highest BCUT2D eigenvalue weighted by Crippen LogP contribution is 2.32. The number of benzene rings is 3. The van der Waals surface area contributed by atoms with Gasteiger partial charge in [-0.1, -0.05) is 42.5 Å². The number of para-hydroxylation sites is 1. The maximum atomic E-state index is 13.7. The molecule has 0 saturated carbocycles. The highest BCUT2D eigenvalue weighted by Gasteiger charge is 2.20. The minimum atomic E-state index is -0.742. The van der Waals surface area contributed by atoms with Crippen molar-refractivity contribution < 1.29 is 19.0 Å². The minimum Gasteiger partial charge on any atom is -0.507 e. The second-order valence-corrected chi connectivity index (χ2v) is 7.84. The topological polar surface area (TPSA) is 102 Å². The van der Waals surface area contributed by atoms with Gasteiger partial charge in [-0.2, -0.15) is 0 Å². The molecule has 0 unspecified atom stereocenters. The summed E-state index contributed by atoms with van der Waals surface area (Å²) in [5.41, 5.74) is 6.98. The van der Waals surface area contributed by atoms with Gasteiger partial charge in [-0.15, -0.1) is 0 Å². The van der Waals surface area contributed by atoms with Crippen LogP contribution in [0.4, 0.5) is 15.0 Å². The van der Waals surface area contributed by atoms with E-state index in [1.807, 2.05) is 36.4 Å². The van der Waals surface area contributed by atoms with E-state index < -0.39 is 6.09 Å². The van der Waals surface area contributed by atoms with Gasteiger partial charge >= 0.3 is 6.09 Å². The van der Waals surface area contributed by atoms with Crippen LogP contribution >= 0.6 is 0 Å². The van der Waals surface area contributed by atoms with Gasteiger partial charge in [0.1, 0.15) is 24.0 Å². The second-order valence-electron chi connectivity index (χ2n) is 7.84. The van der Waals surface area contributed by atoms with Gasteiger partial charge in [0.05, 0.1) is 11.1 Å². The van der Waals surface area contributed by atoms with Crippen LogP contribution in [0, 0.1) is 5.82 Å². The fraction of sp³-hybridized carbons (Fsp3) is 0.192. The van der Waals surface area contributed by atoms with Crippen molar-refractivity contribution in [1.29, 1.82) is 0 Å². The van der Waals surface area contributed by atoms with Crippen molar-refractivity contribution >= 4 is 22.8 Å². The number of phenols is 1. The molecule has 1 fully saturated rings. The Bertz CT molecular complexity index is 1280. The lowest BCUT2D eigenvalue weighted by molar-refractivity contribution is 0.150. The minimum absolute atomic E-state index is 0.140. The van der Waals surface area contributed by atoms with Crippen LogP contribution in [0.25, 0.3) is 22.3 Å². The highest BCUT2D eigenvalue weighted by molar-refractivity contribution is 5.91. The number of nitrogens with two attached hydrogens (primary N) is 1. The third-order valence-electron chi connectivity index (χ3n) is 5.41. The fourth-order valence-electron chi connectivity index (χ4n) is 3.77. The summed E-state index contributed by atoms with van der Waals surface area (Å²) in [4.78, 5) is 21.5. The molecule has 34 heavy (non-hydrogen) atoms. The lowest BCUT2D eigenvalue weighted by atomic mass is 10.1. The van der Waals surface area contributed by atoms with Crippen LogP contribution in [0.1, 0.15) is 18.4 Å². The molecule has 1 saturated heterocycles. The summed E-state index contributed by atoms with van der Waals surface area (Å²) >= 11 is 0. The quantitative estimate of drug-likeness (QED) is 0.443. The first-order chi connectivity index (χ1) is 16.5. The Morgan fingerprint density at radius 1 is 1.00 bits per heavy atom. The molecule has 3 N–H and O–H groups in total. The molecule has 8 heteroatoms. The van der Waals surface area contributed by atoms with E-state index in [1.54, 1.807) is 24.3 Å². The van der Waals surface area contributed by atoms with Crippen molar-refractivity contribution in [1.82, 2.24) is 9.97 Å². The van der Waals surface area contributed by atoms with Gasteiger partial charge in [-0.3, -0.25) is 0 Å². The first-order valence-electron chi connectivity index (χ1n) is 11.0. The van der Waals surface area contributed by atoms with E-state index in [-0.39, 0.29) is 18.2 Å². The van der Waals surface area contributed by atoms with Gasteiger partial charge in [0.2, 0.25) is 0 Å². The Balaban J connectivity index is 0.000000210. The zero-order valence-electron chi connectivity index (χ0n) is 18.5. The first-order valence-corrected chi connectivity index (χ1v) is 11.0. The number of hydrogen-bond acceptors (Lipinski definition) is 6. The molecule has 4 aromatic rings. The molecule has 0 aliphatic carbocycles. The number of aromatic hydroxyl groups is 1. The van der Waals surface area contributed by atoms with Crippen LogP contribution in [0.3, 0.4) is 0 Å². The number of nitrogens with zero attached hydrogens (tertiary/aromatic N) is 3. The van der Waals surface area contributed by atoms with Crippen LogP contribution in [-0.2, 0) is 11.3 Å². The standard InChI is InChI=1S/C18H16FN3O.C8H9NO2/c19-12-7-8-15-14(11-12)18(22-9-3-4-10-22)21-17(20-15)13-5-1-2-6-16(13)23;9-8(10)11-6-7-4-2-1-3-5-7/h1-2,5-8,11,23H,3-4,9-10H2;1-5H,6H2,(H2,9,10). The van der Waals surface area contributed by atoms with Crippen LogP contribution in [0.2, 0.25) is 0 Å². The zero-order valence-corrected chi connectivity index (χ0v) is 18.5. The molecule has 1 aromatic heterocycles. The Morgan fingerprint density at radius 2 is 1.71 bits per heavy atom. The van der Waals surface area contributed by atoms with Gasteiger partial charge in [0.25, 0.3) is 0 Å². The molecule has 1 aliphatic rings. The molecule has 0 spiro atoms. The van der Waals surface area contributed by atoms with Crippen molar-refractivity contribution in [2.45, 2.75) is 19.4 Å². The predicted octanol–water partition coefficient (Wildman–Crippen LogP) is 5.02. The number of anilines is 1. The van der Waals surface area contributed by atoms with Crippen LogP contribution in [0.5, 0.6) is 5.75 Å². The number of hydrogen-bond donors (Lipinski definition) is 2. The summed E-state index contributed by atoms with van der Waals surface area (Å²) in [7, 11) is 0. The summed E-state index contributed by atoms with van der Waals surface area (Å²) in [6, 6.07) is 20.9. The fourth-order valence-corrected chi connectivity index (χ4v) is 3.77. The number of amides is 1. The number of ether oxygens (including phenoxy) is 1. The molecule has 7 nitrogen and oxygen atoms in total. The van der Waals surface area contributed by atoms with E-state index in [0.717, 1.165) is 37.3 Å². The monoisotopic (exact) mass is 460 g/mol. The van der Waals surface area contributed by atoms with Gasteiger partial charge < -0.3 is 20.5 Å². The molecule has 1 aliphatic heterocycles. The lowest BCUT2D eigenvalue weighted by Crippen LogP contribution is -2.20. The second kappa shape index (κ2) is 10.6. The largest absolute Gasteiger partial charge is 0.507 e. The number of aromatic nitrogens is 2. The number of halogens is 1. The SMILES string of the molecule is NC(=O)OCc1ccccc1.Oc1ccccc1-c1nc(N2CCCC2)c2cc(F)ccc2n1. The van der Waals surface area contributed by atoms with Crippen molar-refractivity contribution in [3.63, 3.8) is 0 Å². The van der Waals surface area contributed by atoms with E-state index in [0.29, 0.717) is 22.3 Å². The Kier molecular flexibility index (Phi) is 7.17. The number of carbonyl (C=O) groups excluding carboxylic acids is 1. The van der Waals surface area contributed by atoms with E-state index in [1.165, 1.54) is 12.1 Å². The molecular formula is C26H25FN4O3. The van der Waals surface area contributed by atoms with Crippen molar-refractivity contribution in [2.24, 2.45) is 5.73 Å². The summed E-state index contributed by atoms with van der Waals surface area (Å²) in [6.45, 7) is 2.06. The van der Waals surface area contributed by atoms with Crippen LogP contribution in [-0.4, -0.2) is 34.3 Å². The predicted molar refractivity (Wildman–Crippen MR) is 129 cm³/mol. The average Bonchev–Trinajstić information content (AvgIpc) is 3.38. The smallest absolute Gasteiger partial charge is 0.404 e. The molecule has 0 radical (unpaired) electrons. The molecule has 5 rings (SSSR count).